The fourth-order valence-electron chi connectivity index (χ4n) is 1.54. The number of aliphatic hydroxyl groups excluding tert-OH is 1. The summed E-state index contributed by atoms with van der Waals surface area (Å²) in [6.45, 7) is 6.31. The molecule has 0 aliphatic rings. The molecule has 0 aliphatic heterocycles. The topological polar surface area (TPSA) is 81.8 Å². The third kappa shape index (κ3) is 3.68. The molecule has 17 heavy (non-hydrogen) atoms. The van der Waals surface area contributed by atoms with Crippen molar-refractivity contribution in [2.75, 3.05) is 11.9 Å². The summed E-state index contributed by atoms with van der Waals surface area (Å²) < 4.78 is 0. The largest absolute Gasteiger partial charge is 0.396 e. The summed E-state index contributed by atoms with van der Waals surface area (Å²) >= 11 is 0. The van der Waals surface area contributed by atoms with E-state index in [2.05, 4.69) is 42.4 Å². The van der Waals surface area contributed by atoms with Gasteiger partial charge in [0.2, 0.25) is 0 Å². The van der Waals surface area contributed by atoms with E-state index in [9.17, 15) is 0 Å². The van der Waals surface area contributed by atoms with Crippen LogP contribution in [0.1, 0.15) is 32.8 Å². The Labute approximate surface area is 101 Å². The van der Waals surface area contributed by atoms with Crippen LogP contribution in [0.15, 0.2) is 12.3 Å². The molecular formula is C12H18N4O. The molecule has 0 fully saturated rings. The normalized spacial score (nSPS) is 12.9. The molecule has 0 aromatic carbocycles. The Balaban J connectivity index is 2.91. The second kappa shape index (κ2) is 5.60. The zero-order valence-corrected chi connectivity index (χ0v) is 10.4. The second-order valence-corrected chi connectivity index (χ2v) is 4.98. The maximum atomic E-state index is 9.06. The first-order valence-corrected chi connectivity index (χ1v) is 5.58. The summed E-state index contributed by atoms with van der Waals surface area (Å²) in [6, 6.07) is 3.72. The Hall–Kier alpha value is -1.67. The summed E-state index contributed by atoms with van der Waals surface area (Å²) in [7, 11) is 0. The van der Waals surface area contributed by atoms with E-state index in [1.807, 2.05) is 0 Å². The Morgan fingerprint density at radius 2 is 2.24 bits per heavy atom. The minimum Gasteiger partial charge on any atom is -0.396 e. The lowest BCUT2D eigenvalue weighted by Gasteiger charge is -2.31. The van der Waals surface area contributed by atoms with Crippen LogP contribution in [-0.4, -0.2) is 28.0 Å². The number of nitrogens with zero attached hydrogens (tertiary/aromatic N) is 3. The molecule has 5 nitrogen and oxygen atoms in total. The van der Waals surface area contributed by atoms with Gasteiger partial charge in [0.25, 0.3) is 0 Å². The fourth-order valence-corrected chi connectivity index (χ4v) is 1.54. The van der Waals surface area contributed by atoms with Crippen LogP contribution in [-0.2, 0) is 0 Å². The quantitative estimate of drug-likeness (QED) is 0.826. The van der Waals surface area contributed by atoms with Crippen LogP contribution < -0.4 is 5.32 Å². The number of anilines is 1. The predicted octanol–water partition coefficient (Wildman–Crippen LogP) is 1.56. The van der Waals surface area contributed by atoms with Gasteiger partial charge in [0, 0.05) is 12.6 Å². The highest BCUT2D eigenvalue weighted by Gasteiger charge is 2.25. The first-order chi connectivity index (χ1) is 7.99. The third-order valence-electron chi connectivity index (χ3n) is 2.62. The van der Waals surface area contributed by atoms with Crippen molar-refractivity contribution in [3.05, 3.63) is 17.8 Å². The van der Waals surface area contributed by atoms with Crippen molar-refractivity contribution < 1.29 is 5.11 Å². The lowest BCUT2D eigenvalue weighted by atomic mass is 9.85. The molecular weight excluding hydrogens is 216 g/mol. The summed E-state index contributed by atoms with van der Waals surface area (Å²) in [5, 5.41) is 28.9. The lowest BCUT2D eigenvalue weighted by molar-refractivity contribution is 0.235. The SMILES string of the molecule is CC(C)(C)C(CCO)Nc1nnccc1C#N. The van der Waals surface area contributed by atoms with Crippen molar-refractivity contribution in [3.8, 4) is 6.07 Å². The highest BCUT2D eigenvalue weighted by molar-refractivity contribution is 5.50. The van der Waals surface area contributed by atoms with Gasteiger partial charge in [-0.3, -0.25) is 0 Å². The minimum absolute atomic E-state index is 0.0347. The summed E-state index contributed by atoms with van der Waals surface area (Å²) in [6.07, 6.45) is 2.09. The lowest BCUT2D eigenvalue weighted by Crippen LogP contribution is -2.35. The zero-order valence-electron chi connectivity index (χ0n) is 10.4. The monoisotopic (exact) mass is 234 g/mol. The molecule has 1 aromatic rings. The van der Waals surface area contributed by atoms with Crippen LogP contribution >= 0.6 is 0 Å². The van der Waals surface area contributed by atoms with Crippen molar-refractivity contribution in [2.45, 2.75) is 33.2 Å². The van der Waals surface area contributed by atoms with Crippen molar-refractivity contribution >= 4 is 5.82 Å². The van der Waals surface area contributed by atoms with E-state index in [0.29, 0.717) is 17.8 Å². The van der Waals surface area contributed by atoms with Crippen LogP contribution in [0.3, 0.4) is 0 Å². The average molecular weight is 234 g/mol. The Morgan fingerprint density at radius 3 is 2.76 bits per heavy atom. The van der Waals surface area contributed by atoms with Gasteiger partial charge in [-0.1, -0.05) is 20.8 Å². The molecule has 0 saturated carbocycles. The molecule has 0 radical (unpaired) electrons. The zero-order chi connectivity index (χ0) is 12.9. The number of hydrogen-bond donors (Lipinski definition) is 2. The molecule has 0 saturated heterocycles. The molecule has 1 unspecified atom stereocenters. The first-order valence-electron chi connectivity index (χ1n) is 5.58. The molecule has 92 valence electrons. The third-order valence-corrected chi connectivity index (χ3v) is 2.62. The number of nitriles is 1. The number of aromatic nitrogens is 2. The molecule has 2 N–H and O–H groups in total. The van der Waals surface area contributed by atoms with Gasteiger partial charge in [0.05, 0.1) is 11.8 Å². The summed E-state index contributed by atoms with van der Waals surface area (Å²) in [5.74, 6) is 0.475. The molecule has 1 atom stereocenters. The van der Waals surface area contributed by atoms with Crippen molar-refractivity contribution in [1.29, 1.82) is 5.26 Å². The van der Waals surface area contributed by atoms with Crippen LogP contribution in [0.25, 0.3) is 0 Å². The van der Waals surface area contributed by atoms with Gasteiger partial charge >= 0.3 is 0 Å². The van der Waals surface area contributed by atoms with Gasteiger partial charge in [-0.05, 0) is 17.9 Å². The summed E-state index contributed by atoms with van der Waals surface area (Å²) in [5.41, 5.74) is 0.430. The number of aliphatic hydroxyl groups is 1. The first kappa shape index (κ1) is 13.4. The van der Waals surface area contributed by atoms with Gasteiger partial charge in [-0.25, -0.2) is 0 Å². The van der Waals surface area contributed by atoms with Crippen LogP contribution in [0.5, 0.6) is 0 Å². The second-order valence-electron chi connectivity index (χ2n) is 4.98. The fraction of sp³-hybridized carbons (Fsp3) is 0.583. The van der Waals surface area contributed by atoms with Gasteiger partial charge in [0.15, 0.2) is 5.82 Å². The van der Waals surface area contributed by atoms with Crippen LogP contribution in [0.4, 0.5) is 5.82 Å². The van der Waals surface area contributed by atoms with Crippen LogP contribution in [0, 0.1) is 16.7 Å². The summed E-state index contributed by atoms with van der Waals surface area (Å²) in [4.78, 5) is 0. The molecule has 1 heterocycles. The van der Waals surface area contributed by atoms with E-state index in [4.69, 9.17) is 10.4 Å². The average Bonchev–Trinajstić information content (AvgIpc) is 2.28. The van der Waals surface area contributed by atoms with E-state index in [-0.39, 0.29) is 18.1 Å². The van der Waals surface area contributed by atoms with Gasteiger partial charge < -0.3 is 10.4 Å². The maximum absolute atomic E-state index is 9.06. The van der Waals surface area contributed by atoms with E-state index in [1.54, 1.807) is 6.07 Å². The smallest absolute Gasteiger partial charge is 0.166 e. The highest BCUT2D eigenvalue weighted by atomic mass is 16.3. The minimum atomic E-state index is -0.0347. The predicted molar refractivity (Wildman–Crippen MR) is 65.3 cm³/mol. The van der Waals surface area contributed by atoms with Gasteiger partial charge in [0.1, 0.15) is 6.07 Å². The van der Waals surface area contributed by atoms with Crippen molar-refractivity contribution in [2.24, 2.45) is 5.41 Å². The van der Waals surface area contributed by atoms with E-state index in [1.165, 1.54) is 6.20 Å². The standard InChI is InChI=1S/C12H18N4O/c1-12(2,3)10(5-7-17)15-11-9(8-13)4-6-14-16-11/h4,6,10,17H,5,7H2,1-3H3,(H,15,16). The number of hydrogen-bond acceptors (Lipinski definition) is 5. The van der Waals surface area contributed by atoms with Crippen LogP contribution in [0.2, 0.25) is 0 Å². The number of rotatable bonds is 4. The molecule has 0 bridgehead atoms. The Bertz CT molecular complexity index is 406. The van der Waals surface area contributed by atoms with Gasteiger partial charge in [-0.15, -0.1) is 5.10 Å². The molecule has 1 rings (SSSR count). The Kier molecular flexibility index (Phi) is 4.41. The number of nitrogens with one attached hydrogen (secondary N) is 1. The molecule has 1 aromatic heterocycles. The van der Waals surface area contributed by atoms with Crippen molar-refractivity contribution in [1.82, 2.24) is 10.2 Å². The molecule has 5 heteroatoms. The highest BCUT2D eigenvalue weighted by Crippen LogP contribution is 2.25. The van der Waals surface area contributed by atoms with E-state index in [0.717, 1.165) is 0 Å². The molecule has 0 aliphatic carbocycles. The Morgan fingerprint density at radius 1 is 1.53 bits per heavy atom. The maximum Gasteiger partial charge on any atom is 0.166 e. The molecule has 0 spiro atoms. The van der Waals surface area contributed by atoms with E-state index < -0.39 is 0 Å². The van der Waals surface area contributed by atoms with Gasteiger partial charge in [-0.2, -0.15) is 10.4 Å². The van der Waals surface area contributed by atoms with E-state index >= 15 is 0 Å². The van der Waals surface area contributed by atoms with Crippen molar-refractivity contribution in [3.63, 3.8) is 0 Å². The molecule has 0 amide bonds.